The van der Waals surface area contributed by atoms with Gasteiger partial charge < -0.3 is 4.74 Å². The lowest BCUT2D eigenvalue weighted by Gasteiger charge is -2.50. The second-order valence-corrected chi connectivity index (χ2v) is 8.09. The van der Waals surface area contributed by atoms with Crippen molar-refractivity contribution in [1.82, 2.24) is 14.8 Å². The zero-order valence-electron chi connectivity index (χ0n) is 15.4. The molecule has 1 aromatic heterocycles. The summed E-state index contributed by atoms with van der Waals surface area (Å²) in [4.78, 5) is 4.27. The SMILES string of the molecule is C=CCSc1ncnn1CC1(c2ccc(F)cc2F)OCC1c1ccccc1Cl. The van der Waals surface area contributed by atoms with E-state index in [0.717, 1.165) is 11.6 Å². The van der Waals surface area contributed by atoms with Crippen molar-refractivity contribution in [1.29, 1.82) is 0 Å². The van der Waals surface area contributed by atoms with Crippen molar-refractivity contribution < 1.29 is 13.5 Å². The third-order valence-electron chi connectivity index (χ3n) is 5.03. The van der Waals surface area contributed by atoms with E-state index in [1.165, 1.54) is 30.2 Å². The lowest BCUT2D eigenvalue weighted by atomic mass is 9.73. The number of hydrogen-bond donors (Lipinski definition) is 0. The summed E-state index contributed by atoms with van der Waals surface area (Å²) in [5, 5.41) is 5.54. The highest BCUT2D eigenvalue weighted by molar-refractivity contribution is 7.99. The Kier molecular flexibility index (Phi) is 5.72. The van der Waals surface area contributed by atoms with Gasteiger partial charge in [-0.15, -0.1) is 6.58 Å². The Morgan fingerprint density at radius 2 is 2.14 bits per heavy atom. The summed E-state index contributed by atoms with van der Waals surface area (Å²) in [6.07, 6.45) is 3.22. The number of rotatable bonds is 7. The third kappa shape index (κ3) is 3.70. The summed E-state index contributed by atoms with van der Waals surface area (Å²) >= 11 is 7.90. The molecular weight excluding hydrogens is 416 g/mol. The number of nitrogens with zero attached hydrogens (tertiary/aromatic N) is 3. The van der Waals surface area contributed by atoms with Gasteiger partial charge in [-0.2, -0.15) is 5.10 Å². The van der Waals surface area contributed by atoms with E-state index in [9.17, 15) is 8.78 Å². The zero-order chi connectivity index (χ0) is 20.4. The van der Waals surface area contributed by atoms with Crippen molar-refractivity contribution in [3.05, 3.63) is 89.2 Å². The molecule has 1 fully saturated rings. The minimum atomic E-state index is -1.08. The Morgan fingerprint density at radius 1 is 1.31 bits per heavy atom. The van der Waals surface area contributed by atoms with E-state index in [4.69, 9.17) is 16.3 Å². The Morgan fingerprint density at radius 3 is 2.83 bits per heavy atom. The number of halogens is 3. The van der Waals surface area contributed by atoms with E-state index in [1.54, 1.807) is 16.8 Å². The van der Waals surface area contributed by atoms with Crippen molar-refractivity contribution in [3.8, 4) is 0 Å². The van der Waals surface area contributed by atoms with Crippen LogP contribution in [0.15, 0.2) is 66.6 Å². The van der Waals surface area contributed by atoms with E-state index >= 15 is 0 Å². The molecule has 1 aliphatic rings. The summed E-state index contributed by atoms with van der Waals surface area (Å²) in [6.45, 7) is 4.30. The number of ether oxygens (including phenoxy) is 1. The Balaban J connectivity index is 1.79. The van der Waals surface area contributed by atoms with Crippen molar-refractivity contribution in [3.63, 3.8) is 0 Å². The molecule has 150 valence electrons. The van der Waals surface area contributed by atoms with Gasteiger partial charge in [-0.3, -0.25) is 0 Å². The molecule has 1 saturated heterocycles. The van der Waals surface area contributed by atoms with Gasteiger partial charge in [-0.25, -0.2) is 18.4 Å². The van der Waals surface area contributed by atoms with Gasteiger partial charge in [0.1, 0.15) is 23.6 Å². The van der Waals surface area contributed by atoms with Crippen molar-refractivity contribution in [2.24, 2.45) is 0 Å². The van der Waals surface area contributed by atoms with Crippen molar-refractivity contribution >= 4 is 23.4 Å². The molecule has 0 aliphatic carbocycles. The van der Waals surface area contributed by atoms with Crippen LogP contribution in [-0.2, 0) is 16.9 Å². The van der Waals surface area contributed by atoms with Gasteiger partial charge >= 0.3 is 0 Å². The molecule has 2 aromatic carbocycles. The van der Waals surface area contributed by atoms with Crippen LogP contribution in [0.4, 0.5) is 8.78 Å². The first-order valence-electron chi connectivity index (χ1n) is 9.00. The predicted molar refractivity (Wildman–Crippen MR) is 109 cm³/mol. The van der Waals surface area contributed by atoms with Crippen molar-refractivity contribution in [2.45, 2.75) is 23.2 Å². The van der Waals surface area contributed by atoms with E-state index in [-0.39, 0.29) is 18.0 Å². The molecule has 2 unspecified atom stereocenters. The van der Waals surface area contributed by atoms with Crippen LogP contribution in [0.1, 0.15) is 17.0 Å². The molecule has 0 N–H and O–H groups in total. The van der Waals surface area contributed by atoms with Crippen LogP contribution in [-0.4, -0.2) is 27.1 Å². The molecule has 2 heterocycles. The monoisotopic (exact) mass is 433 g/mol. The first-order chi connectivity index (χ1) is 14.0. The fourth-order valence-corrected chi connectivity index (χ4v) is 4.55. The second-order valence-electron chi connectivity index (χ2n) is 6.70. The Bertz CT molecular complexity index is 1040. The lowest BCUT2D eigenvalue weighted by molar-refractivity contribution is -0.191. The first kappa shape index (κ1) is 20.1. The second kappa shape index (κ2) is 8.26. The van der Waals surface area contributed by atoms with E-state index < -0.39 is 17.2 Å². The van der Waals surface area contributed by atoms with Gasteiger partial charge in [-0.05, 0) is 17.7 Å². The molecule has 29 heavy (non-hydrogen) atoms. The minimum Gasteiger partial charge on any atom is -0.367 e. The molecule has 4 nitrogen and oxygen atoms in total. The highest BCUT2D eigenvalue weighted by Gasteiger charge is 2.53. The fraction of sp³-hybridized carbons (Fsp3) is 0.238. The van der Waals surface area contributed by atoms with Crippen LogP contribution in [0.5, 0.6) is 0 Å². The van der Waals surface area contributed by atoms with Gasteiger partial charge in [0, 0.05) is 28.3 Å². The predicted octanol–water partition coefficient (Wildman–Crippen LogP) is 5.20. The summed E-state index contributed by atoms with van der Waals surface area (Å²) in [5.41, 5.74) is 0.0368. The Hall–Kier alpha value is -2.22. The Labute approximate surface area is 176 Å². The van der Waals surface area contributed by atoms with Crippen LogP contribution < -0.4 is 0 Å². The molecule has 4 rings (SSSR count). The molecule has 0 spiro atoms. The molecule has 2 atom stereocenters. The highest BCUT2D eigenvalue weighted by Crippen LogP contribution is 2.52. The van der Waals surface area contributed by atoms with E-state index in [0.29, 0.717) is 22.5 Å². The number of hydrogen-bond acceptors (Lipinski definition) is 4. The van der Waals surface area contributed by atoms with Gasteiger partial charge in [0.2, 0.25) is 0 Å². The minimum absolute atomic E-state index is 0.213. The smallest absolute Gasteiger partial charge is 0.186 e. The maximum atomic E-state index is 14.9. The number of benzene rings is 2. The average Bonchev–Trinajstić information content (AvgIpc) is 3.12. The van der Waals surface area contributed by atoms with Crippen LogP contribution in [0.3, 0.4) is 0 Å². The standard InChI is InChI=1S/C21H18ClF2N3OS/c1-2-9-29-20-25-13-26-27(20)12-21(16-8-7-14(23)10-19(16)24)17(11-28-21)15-5-3-4-6-18(15)22/h2-8,10,13,17H,1,9,11-12H2. The topological polar surface area (TPSA) is 39.9 Å². The largest absolute Gasteiger partial charge is 0.367 e. The molecule has 0 saturated carbocycles. The third-order valence-corrected chi connectivity index (χ3v) is 6.35. The summed E-state index contributed by atoms with van der Waals surface area (Å²) in [6, 6.07) is 11.0. The summed E-state index contributed by atoms with van der Waals surface area (Å²) in [7, 11) is 0. The van der Waals surface area contributed by atoms with Gasteiger partial charge in [-0.1, -0.05) is 53.7 Å². The average molecular weight is 434 g/mol. The van der Waals surface area contributed by atoms with Gasteiger partial charge in [0.05, 0.1) is 13.2 Å². The fourth-order valence-electron chi connectivity index (χ4n) is 3.64. The van der Waals surface area contributed by atoms with Crippen LogP contribution in [0.2, 0.25) is 5.02 Å². The summed E-state index contributed by atoms with van der Waals surface area (Å²) in [5.74, 6) is -0.872. The van der Waals surface area contributed by atoms with Gasteiger partial charge in [0.25, 0.3) is 0 Å². The molecule has 0 radical (unpaired) electrons. The summed E-state index contributed by atoms with van der Waals surface area (Å²) < 4.78 is 36.2. The van der Waals surface area contributed by atoms with E-state index in [1.807, 2.05) is 18.2 Å². The molecule has 0 bridgehead atoms. The lowest BCUT2D eigenvalue weighted by Crippen LogP contribution is -2.52. The first-order valence-corrected chi connectivity index (χ1v) is 10.4. The molecule has 0 amide bonds. The highest BCUT2D eigenvalue weighted by atomic mass is 35.5. The zero-order valence-corrected chi connectivity index (χ0v) is 17.0. The van der Waals surface area contributed by atoms with Crippen LogP contribution in [0, 0.1) is 11.6 Å². The van der Waals surface area contributed by atoms with Crippen LogP contribution in [0.25, 0.3) is 0 Å². The molecule has 3 aromatic rings. The maximum Gasteiger partial charge on any atom is 0.186 e. The van der Waals surface area contributed by atoms with Crippen LogP contribution >= 0.6 is 23.4 Å². The number of thioether (sulfide) groups is 1. The quantitative estimate of drug-likeness (QED) is 0.379. The van der Waals surface area contributed by atoms with Gasteiger partial charge in [0.15, 0.2) is 5.16 Å². The number of aromatic nitrogens is 3. The van der Waals surface area contributed by atoms with Crippen molar-refractivity contribution in [2.75, 3.05) is 12.4 Å². The molecular formula is C21H18ClF2N3OS. The normalized spacial score (nSPS) is 21.0. The molecule has 8 heteroatoms. The maximum absolute atomic E-state index is 14.9. The molecule has 1 aliphatic heterocycles. The van der Waals surface area contributed by atoms with E-state index in [2.05, 4.69) is 16.7 Å².